The highest BCUT2D eigenvalue weighted by molar-refractivity contribution is 5.72. The van der Waals surface area contributed by atoms with Gasteiger partial charge in [-0.15, -0.1) is 0 Å². The molecule has 0 fully saturated rings. The third-order valence-electron chi connectivity index (χ3n) is 2.91. The fourth-order valence-corrected chi connectivity index (χ4v) is 2.07. The normalized spacial score (nSPS) is 22.2. The van der Waals surface area contributed by atoms with Gasteiger partial charge in [0.15, 0.2) is 0 Å². The predicted molar refractivity (Wildman–Crippen MR) is 69.5 cm³/mol. The molecule has 1 aromatic carbocycles. The van der Waals surface area contributed by atoms with Gasteiger partial charge in [0, 0.05) is 0 Å². The van der Waals surface area contributed by atoms with Crippen LogP contribution < -0.4 is 0 Å². The molecule has 0 saturated carbocycles. The first-order valence-corrected chi connectivity index (χ1v) is 5.77. The molecule has 1 aromatic rings. The lowest BCUT2D eigenvalue weighted by atomic mass is 9.92. The van der Waals surface area contributed by atoms with E-state index in [0.29, 0.717) is 0 Å². The van der Waals surface area contributed by atoms with Crippen LogP contribution >= 0.6 is 0 Å². The van der Waals surface area contributed by atoms with Gasteiger partial charge < -0.3 is 10.2 Å². The van der Waals surface area contributed by atoms with Crippen LogP contribution in [0.15, 0.2) is 59.9 Å². The molecule has 0 spiro atoms. The van der Waals surface area contributed by atoms with Crippen molar-refractivity contribution in [1.82, 2.24) is 0 Å². The lowest BCUT2D eigenvalue weighted by molar-refractivity contribution is 0.254. The summed E-state index contributed by atoms with van der Waals surface area (Å²) in [4.78, 5) is 0. The standard InChI is InChI=1S/C15H16O2/c1-2-13(11-6-4-3-5-7-11)14-9-8-12(16)10-15(14)17/h3-10,15-17H,2H2,1H3. The SMILES string of the molecule is CCC(=C1C=CC(O)=CC1O)c1ccccc1. The first-order valence-electron chi connectivity index (χ1n) is 5.77. The molecule has 17 heavy (non-hydrogen) atoms. The molecule has 0 heterocycles. The molecule has 88 valence electrons. The van der Waals surface area contributed by atoms with Gasteiger partial charge in [0.05, 0.1) is 0 Å². The van der Waals surface area contributed by atoms with Gasteiger partial charge in [-0.2, -0.15) is 0 Å². The second-order valence-electron chi connectivity index (χ2n) is 4.02. The van der Waals surface area contributed by atoms with Gasteiger partial charge in [-0.05, 0) is 35.3 Å². The fraction of sp³-hybridized carbons (Fsp3) is 0.200. The molecule has 0 aromatic heterocycles. The maximum atomic E-state index is 9.96. The van der Waals surface area contributed by atoms with Crippen molar-refractivity contribution in [3.05, 3.63) is 65.5 Å². The molecule has 2 nitrogen and oxygen atoms in total. The van der Waals surface area contributed by atoms with Gasteiger partial charge >= 0.3 is 0 Å². The van der Waals surface area contributed by atoms with Gasteiger partial charge in [0.2, 0.25) is 0 Å². The summed E-state index contributed by atoms with van der Waals surface area (Å²) in [6.07, 6.45) is 4.96. The van der Waals surface area contributed by atoms with Crippen LogP contribution in [0.4, 0.5) is 0 Å². The Kier molecular flexibility index (Phi) is 3.45. The summed E-state index contributed by atoms with van der Waals surface area (Å²) in [6, 6.07) is 10.0. The van der Waals surface area contributed by atoms with E-state index in [2.05, 4.69) is 6.92 Å². The molecule has 0 saturated heterocycles. The summed E-state index contributed by atoms with van der Waals surface area (Å²) >= 11 is 0. The van der Waals surface area contributed by atoms with E-state index in [1.165, 1.54) is 6.08 Å². The topological polar surface area (TPSA) is 40.5 Å². The van der Waals surface area contributed by atoms with Crippen LogP contribution in [0.1, 0.15) is 18.9 Å². The molecular formula is C15H16O2. The van der Waals surface area contributed by atoms with Crippen LogP contribution in [0.25, 0.3) is 5.57 Å². The minimum absolute atomic E-state index is 0.116. The Morgan fingerprint density at radius 3 is 2.47 bits per heavy atom. The Balaban J connectivity index is 2.46. The van der Waals surface area contributed by atoms with Crippen molar-refractivity contribution in [1.29, 1.82) is 0 Å². The van der Waals surface area contributed by atoms with E-state index in [-0.39, 0.29) is 5.76 Å². The van der Waals surface area contributed by atoms with Gasteiger partial charge in [0.25, 0.3) is 0 Å². The maximum absolute atomic E-state index is 9.96. The predicted octanol–water partition coefficient (Wildman–Crippen LogP) is 3.22. The van der Waals surface area contributed by atoms with Crippen LogP contribution in [0.2, 0.25) is 0 Å². The zero-order valence-electron chi connectivity index (χ0n) is 9.80. The zero-order chi connectivity index (χ0) is 12.3. The Labute approximate surface area is 101 Å². The van der Waals surface area contributed by atoms with E-state index in [0.717, 1.165) is 23.1 Å². The number of allylic oxidation sites excluding steroid dienone is 2. The second-order valence-corrected chi connectivity index (χ2v) is 4.02. The number of aliphatic hydroxyl groups is 2. The van der Waals surface area contributed by atoms with E-state index in [9.17, 15) is 10.2 Å². The molecular weight excluding hydrogens is 212 g/mol. The summed E-state index contributed by atoms with van der Waals surface area (Å²) in [7, 11) is 0. The summed E-state index contributed by atoms with van der Waals surface area (Å²) < 4.78 is 0. The van der Waals surface area contributed by atoms with Crippen LogP contribution in [-0.2, 0) is 0 Å². The summed E-state index contributed by atoms with van der Waals surface area (Å²) in [5, 5.41) is 19.3. The minimum atomic E-state index is -0.727. The zero-order valence-corrected chi connectivity index (χ0v) is 9.80. The highest BCUT2D eigenvalue weighted by Crippen LogP contribution is 2.27. The van der Waals surface area contributed by atoms with Crippen molar-refractivity contribution in [2.24, 2.45) is 0 Å². The average molecular weight is 228 g/mol. The number of aliphatic hydroxyl groups excluding tert-OH is 2. The Bertz CT molecular complexity index is 481. The molecule has 2 N–H and O–H groups in total. The van der Waals surface area contributed by atoms with E-state index >= 15 is 0 Å². The van der Waals surface area contributed by atoms with Crippen molar-refractivity contribution in [3.63, 3.8) is 0 Å². The average Bonchev–Trinajstić information content (AvgIpc) is 2.34. The molecule has 1 aliphatic carbocycles. The number of hydrogen-bond acceptors (Lipinski definition) is 2. The van der Waals surface area contributed by atoms with Gasteiger partial charge in [-0.1, -0.05) is 43.3 Å². The van der Waals surface area contributed by atoms with Gasteiger partial charge in [-0.3, -0.25) is 0 Å². The fourth-order valence-electron chi connectivity index (χ4n) is 2.07. The van der Waals surface area contributed by atoms with E-state index in [4.69, 9.17) is 0 Å². The van der Waals surface area contributed by atoms with Gasteiger partial charge in [0.1, 0.15) is 11.9 Å². The highest BCUT2D eigenvalue weighted by Gasteiger charge is 2.15. The van der Waals surface area contributed by atoms with Gasteiger partial charge in [-0.25, -0.2) is 0 Å². The summed E-state index contributed by atoms with van der Waals surface area (Å²) in [6.45, 7) is 2.06. The van der Waals surface area contributed by atoms with Crippen molar-refractivity contribution in [2.45, 2.75) is 19.4 Å². The van der Waals surface area contributed by atoms with E-state index in [1.807, 2.05) is 30.3 Å². The van der Waals surface area contributed by atoms with Crippen molar-refractivity contribution >= 4 is 5.57 Å². The lowest BCUT2D eigenvalue weighted by Crippen LogP contribution is -2.11. The third kappa shape index (κ3) is 2.48. The number of rotatable bonds is 2. The Hall–Kier alpha value is -1.80. The van der Waals surface area contributed by atoms with Crippen molar-refractivity contribution in [2.75, 3.05) is 0 Å². The second kappa shape index (κ2) is 5.02. The van der Waals surface area contributed by atoms with Crippen molar-refractivity contribution < 1.29 is 10.2 Å². The van der Waals surface area contributed by atoms with Crippen LogP contribution in [0.3, 0.4) is 0 Å². The van der Waals surface area contributed by atoms with E-state index < -0.39 is 6.10 Å². The monoisotopic (exact) mass is 228 g/mol. The molecule has 0 aliphatic heterocycles. The Morgan fingerprint density at radius 2 is 1.88 bits per heavy atom. The third-order valence-corrected chi connectivity index (χ3v) is 2.91. The molecule has 1 unspecified atom stereocenters. The minimum Gasteiger partial charge on any atom is -0.508 e. The number of benzene rings is 1. The smallest absolute Gasteiger partial charge is 0.114 e. The molecule has 1 aliphatic rings. The first kappa shape index (κ1) is 11.7. The first-order chi connectivity index (χ1) is 8.22. The van der Waals surface area contributed by atoms with Crippen molar-refractivity contribution in [3.8, 4) is 0 Å². The maximum Gasteiger partial charge on any atom is 0.114 e. The molecule has 2 rings (SSSR count). The Morgan fingerprint density at radius 1 is 1.18 bits per heavy atom. The van der Waals surface area contributed by atoms with Crippen LogP contribution in [-0.4, -0.2) is 16.3 Å². The largest absolute Gasteiger partial charge is 0.508 e. The van der Waals surface area contributed by atoms with Crippen LogP contribution in [0.5, 0.6) is 0 Å². The lowest BCUT2D eigenvalue weighted by Gasteiger charge is -2.17. The molecule has 1 atom stereocenters. The summed E-state index contributed by atoms with van der Waals surface area (Å²) in [5.74, 6) is 0.116. The molecule has 0 amide bonds. The summed E-state index contributed by atoms with van der Waals surface area (Å²) in [5.41, 5.74) is 3.08. The molecule has 2 heteroatoms. The molecule has 0 bridgehead atoms. The molecule has 0 radical (unpaired) electrons. The highest BCUT2D eigenvalue weighted by atomic mass is 16.3. The number of hydrogen-bond donors (Lipinski definition) is 2. The van der Waals surface area contributed by atoms with Crippen LogP contribution in [0, 0.1) is 0 Å². The quantitative estimate of drug-likeness (QED) is 0.816. The van der Waals surface area contributed by atoms with E-state index in [1.54, 1.807) is 12.2 Å².